The van der Waals surface area contributed by atoms with Gasteiger partial charge in [0.05, 0.1) is 13.0 Å². The van der Waals surface area contributed by atoms with E-state index in [9.17, 15) is 9.59 Å². The topological polar surface area (TPSA) is 83.8 Å². The van der Waals surface area contributed by atoms with Crippen molar-refractivity contribution in [3.05, 3.63) is 12.2 Å². The zero-order valence-electron chi connectivity index (χ0n) is 7.86. The average Bonchev–Trinajstić information content (AvgIpc) is 2.12. The molecule has 0 radical (unpaired) electrons. The van der Waals surface area contributed by atoms with Crippen LogP contribution in [0.4, 0.5) is 0 Å². The predicted octanol–water partition coefficient (Wildman–Crippen LogP) is 0.333. The molecule has 0 aliphatic heterocycles. The molecule has 0 saturated heterocycles. The highest BCUT2D eigenvalue weighted by Crippen LogP contribution is 2.00. The highest BCUT2D eigenvalue weighted by Gasteiger charge is 2.10. The van der Waals surface area contributed by atoms with E-state index in [0.717, 1.165) is 0 Å². The van der Waals surface area contributed by atoms with Crippen molar-refractivity contribution in [2.45, 2.75) is 19.3 Å². The molecule has 5 heteroatoms. The third kappa shape index (κ3) is 6.19. The molecule has 0 bridgehead atoms. The number of unbranched alkanes of at least 4 members (excludes halogenated alkanes) is 1. The minimum atomic E-state index is -1.20. The quantitative estimate of drug-likeness (QED) is 0.353. The van der Waals surface area contributed by atoms with Gasteiger partial charge in [-0.1, -0.05) is 6.58 Å². The predicted molar refractivity (Wildman–Crippen MR) is 48.7 cm³/mol. The van der Waals surface area contributed by atoms with Crippen LogP contribution in [0, 0.1) is 0 Å². The number of carbonyl (C=O) groups is 2. The molecular formula is C9H14O5. The molecule has 0 spiro atoms. The molecule has 0 amide bonds. The molecule has 0 atom stereocenters. The Morgan fingerprint density at radius 2 is 1.93 bits per heavy atom. The fourth-order valence-electron chi connectivity index (χ4n) is 0.701. The van der Waals surface area contributed by atoms with Crippen LogP contribution in [0.15, 0.2) is 12.2 Å². The van der Waals surface area contributed by atoms with E-state index in [-0.39, 0.29) is 25.2 Å². The summed E-state index contributed by atoms with van der Waals surface area (Å²) < 4.78 is 4.69. The Labute approximate surface area is 82.0 Å². The largest absolute Gasteiger partial charge is 0.478 e. The lowest BCUT2D eigenvalue weighted by molar-refractivity contribution is -0.144. The summed E-state index contributed by atoms with van der Waals surface area (Å²) in [6, 6.07) is 0. The Morgan fingerprint density at radius 1 is 1.29 bits per heavy atom. The van der Waals surface area contributed by atoms with Crippen molar-refractivity contribution < 1.29 is 24.5 Å². The first kappa shape index (κ1) is 12.6. The van der Waals surface area contributed by atoms with Gasteiger partial charge in [-0.15, -0.1) is 0 Å². The molecule has 14 heavy (non-hydrogen) atoms. The number of carboxylic acids is 1. The van der Waals surface area contributed by atoms with Crippen LogP contribution in [0.1, 0.15) is 19.3 Å². The van der Waals surface area contributed by atoms with E-state index in [1.54, 1.807) is 0 Å². The standard InChI is InChI=1S/C9H14O5/c1-7(9(12)13)6-8(11)14-5-3-2-4-10/h10H,1-6H2,(H,12,13). The molecule has 0 aliphatic rings. The summed E-state index contributed by atoms with van der Waals surface area (Å²) in [5.74, 6) is -1.80. The lowest BCUT2D eigenvalue weighted by Gasteiger charge is -2.03. The summed E-state index contributed by atoms with van der Waals surface area (Å²) >= 11 is 0. The first-order chi connectivity index (χ1) is 6.57. The number of esters is 1. The van der Waals surface area contributed by atoms with Gasteiger partial charge in [0.25, 0.3) is 0 Å². The second-order valence-corrected chi connectivity index (χ2v) is 2.74. The monoisotopic (exact) mass is 202 g/mol. The molecule has 0 rings (SSSR count). The van der Waals surface area contributed by atoms with Crippen molar-refractivity contribution in [1.29, 1.82) is 0 Å². The molecule has 0 saturated carbocycles. The van der Waals surface area contributed by atoms with Crippen molar-refractivity contribution in [3.63, 3.8) is 0 Å². The van der Waals surface area contributed by atoms with Gasteiger partial charge in [-0.2, -0.15) is 0 Å². The van der Waals surface area contributed by atoms with Gasteiger partial charge in [-0.3, -0.25) is 4.79 Å². The minimum absolute atomic E-state index is 0.0549. The zero-order chi connectivity index (χ0) is 11.0. The number of aliphatic carboxylic acids is 1. The smallest absolute Gasteiger partial charge is 0.331 e. The Hall–Kier alpha value is -1.36. The van der Waals surface area contributed by atoms with Gasteiger partial charge in [0.1, 0.15) is 0 Å². The molecule has 0 aromatic carbocycles. The first-order valence-electron chi connectivity index (χ1n) is 4.25. The fourth-order valence-corrected chi connectivity index (χ4v) is 0.701. The highest BCUT2D eigenvalue weighted by atomic mass is 16.5. The van der Waals surface area contributed by atoms with E-state index in [4.69, 9.17) is 14.9 Å². The summed E-state index contributed by atoms with van der Waals surface area (Å²) in [5.41, 5.74) is -0.183. The second-order valence-electron chi connectivity index (χ2n) is 2.74. The second kappa shape index (κ2) is 7.08. The van der Waals surface area contributed by atoms with E-state index in [1.165, 1.54) is 0 Å². The van der Waals surface area contributed by atoms with Crippen molar-refractivity contribution in [2.75, 3.05) is 13.2 Å². The van der Waals surface area contributed by atoms with Crippen LogP contribution in [-0.2, 0) is 14.3 Å². The van der Waals surface area contributed by atoms with Crippen LogP contribution in [0.3, 0.4) is 0 Å². The van der Waals surface area contributed by atoms with Gasteiger partial charge in [0.15, 0.2) is 0 Å². The fraction of sp³-hybridized carbons (Fsp3) is 0.556. The van der Waals surface area contributed by atoms with Crippen molar-refractivity contribution in [1.82, 2.24) is 0 Å². The van der Waals surface area contributed by atoms with E-state index >= 15 is 0 Å². The summed E-state index contributed by atoms with van der Waals surface area (Å²) in [7, 11) is 0. The molecule has 0 aliphatic carbocycles. The molecule has 2 N–H and O–H groups in total. The number of ether oxygens (including phenoxy) is 1. The Bertz CT molecular complexity index is 221. The Balaban J connectivity index is 3.56. The van der Waals surface area contributed by atoms with Gasteiger partial charge in [-0.25, -0.2) is 4.79 Å². The van der Waals surface area contributed by atoms with Crippen LogP contribution in [0.2, 0.25) is 0 Å². The Morgan fingerprint density at radius 3 is 2.43 bits per heavy atom. The van der Waals surface area contributed by atoms with Crippen LogP contribution < -0.4 is 0 Å². The maximum absolute atomic E-state index is 10.9. The highest BCUT2D eigenvalue weighted by molar-refractivity contribution is 5.91. The maximum Gasteiger partial charge on any atom is 0.331 e. The molecule has 0 unspecified atom stereocenters. The zero-order valence-corrected chi connectivity index (χ0v) is 7.86. The first-order valence-corrected chi connectivity index (χ1v) is 4.25. The van der Waals surface area contributed by atoms with Gasteiger partial charge in [0, 0.05) is 12.2 Å². The lowest BCUT2D eigenvalue weighted by Crippen LogP contribution is -2.10. The van der Waals surface area contributed by atoms with E-state index in [0.29, 0.717) is 12.8 Å². The van der Waals surface area contributed by atoms with Crippen molar-refractivity contribution in [2.24, 2.45) is 0 Å². The van der Waals surface area contributed by atoms with Gasteiger partial charge < -0.3 is 14.9 Å². The maximum atomic E-state index is 10.9. The SMILES string of the molecule is C=C(CC(=O)OCCCCO)C(=O)O. The number of carboxylic acid groups (broad SMARTS) is 1. The number of aliphatic hydroxyl groups is 1. The third-order valence-corrected chi connectivity index (χ3v) is 1.48. The summed E-state index contributed by atoms with van der Waals surface area (Å²) in [4.78, 5) is 21.2. The third-order valence-electron chi connectivity index (χ3n) is 1.48. The molecule has 80 valence electrons. The number of hydrogen-bond donors (Lipinski definition) is 2. The van der Waals surface area contributed by atoms with E-state index in [2.05, 4.69) is 6.58 Å². The molecule has 0 heterocycles. The molecule has 0 aromatic heterocycles. The molecular weight excluding hydrogens is 188 g/mol. The van der Waals surface area contributed by atoms with Gasteiger partial charge in [-0.05, 0) is 12.8 Å². The van der Waals surface area contributed by atoms with E-state index in [1.807, 2.05) is 0 Å². The average molecular weight is 202 g/mol. The summed E-state index contributed by atoms with van der Waals surface area (Å²) in [6.45, 7) is 3.45. The number of carbonyl (C=O) groups excluding carboxylic acids is 1. The number of rotatable bonds is 7. The number of hydrogen-bond acceptors (Lipinski definition) is 4. The minimum Gasteiger partial charge on any atom is -0.478 e. The molecule has 0 aromatic rings. The summed E-state index contributed by atoms with van der Waals surface area (Å²) in [5, 5.41) is 16.8. The van der Waals surface area contributed by atoms with Crippen LogP contribution in [0.5, 0.6) is 0 Å². The van der Waals surface area contributed by atoms with Gasteiger partial charge >= 0.3 is 11.9 Å². The molecule has 0 fully saturated rings. The van der Waals surface area contributed by atoms with Crippen molar-refractivity contribution >= 4 is 11.9 Å². The lowest BCUT2D eigenvalue weighted by atomic mass is 10.2. The van der Waals surface area contributed by atoms with Gasteiger partial charge in [0.2, 0.25) is 0 Å². The van der Waals surface area contributed by atoms with Crippen LogP contribution in [0.25, 0.3) is 0 Å². The molecule has 5 nitrogen and oxygen atoms in total. The van der Waals surface area contributed by atoms with E-state index < -0.39 is 11.9 Å². The Kier molecular flexibility index (Phi) is 6.39. The van der Waals surface area contributed by atoms with Crippen LogP contribution >= 0.6 is 0 Å². The summed E-state index contributed by atoms with van der Waals surface area (Å²) in [6.07, 6.45) is 0.837. The van der Waals surface area contributed by atoms with Crippen molar-refractivity contribution in [3.8, 4) is 0 Å². The number of aliphatic hydroxyl groups excluding tert-OH is 1. The normalized spacial score (nSPS) is 9.50. The van der Waals surface area contributed by atoms with Crippen LogP contribution in [-0.4, -0.2) is 35.4 Å².